The lowest BCUT2D eigenvalue weighted by molar-refractivity contribution is 0.531. The Hall–Kier alpha value is -1.31. The predicted octanol–water partition coefficient (Wildman–Crippen LogP) is 5.18. The molecule has 0 aliphatic heterocycles. The van der Waals surface area contributed by atoms with Crippen LogP contribution in [0.15, 0.2) is 54.6 Å². The molecule has 106 valence electrons. The Labute approximate surface area is 127 Å². The average molecular weight is 288 g/mol. The fourth-order valence-electron chi connectivity index (χ4n) is 2.33. The molecule has 0 spiro atoms. The number of benzene rings is 2. The zero-order chi connectivity index (χ0) is 14.4. The lowest BCUT2D eigenvalue weighted by atomic mass is 9.98. The zero-order valence-corrected chi connectivity index (χ0v) is 12.9. The van der Waals surface area contributed by atoms with Crippen molar-refractivity contribution >= 4 is 11.6 Å². The number of rotatable bonds is 6. The highest BCUT2D eigenvalue weighted by molar-refractivity contribution is 6.30. The maximum Gasteiger partial charge on any atom is 0.0406 e. The van der Waals surface area contributed by atoms with Gasteiger partial charge in [0.1, 0.15) is 0 Å². The minimum absolute atomic E-state index is 0.357. The molecule has 0 heterocycles. The first-order valence-corrected chi connectivity index (χ1v) is 7.58. The fourth-order valence-corrected chi connectivity index (χ4v) is 2.46. The Morgan fingerprint density at radius 1 is 0.900 bits per heavy atom. The SMILES string of the molecule is CC(CCN[C@@H](C)c1ccc(Cl)cc1)c1ccccc1. The summed E-state index contributed by atoms with van der Waals surface area (Å²) < 4.78 is 0. The predicted molar refractivity (Wildman–Crippen MR) is 87.3 cm³/mol. The van der Waals surface area contributed by atoms with Crippen molar-refractivity contribution in [2.45, 2.75) is 32.2 Å². The maximum atomic E-state index is 5.91. The van der Waals surface area contributed by atoms with Gasteiger partial charge in [-0.1, -0.05) is 61.0 Å². The van der Waals surface area contributed by atoms with Gasteiger partial charge in [0.05, 0.1) is 0 Å². The van der Waals surface area contributed by atoms with Gasteiger partial charge in [-0.15, -0.1) is 0 Å². The molecule has 2 aromatic carbocycles. The molecule has 0 saturated heterocycles. The number of halogens is 1. The number of hydrogen-bond donors (Lipinski definition) is 1. The Morgan fingerprint density at radius 3 is 2.20 bits per heavy atom. The van der Waals surface area contributed by atoms with E-state index in [2.05, 4.69) is 61.6 Å². The van der Waals surface area contributed by atoms with Crippen LogP contribution < -0.4 is 5.32 Å². The minimum atomic E-state index is 0.357. The summed E-state index contributed by atoms with van der Waals surface area (Å²) in [5, 5.41) is 4.37. The van der Waals surface area contributed by atoms with Crippen molar-refractivity contribution in [2.24, 2.45) is 0 Å². The Balaban J connectivity index is 1.79. The molecular weight excluding hydrogens is 266 g/mol. The normalized spacial score (nSPS) is 13.9. The molecule has 1 nitrogen and oxygen atoms in total. The second kappa shape index (κ2) is 7.47. The largest absolute Gasteiger partial charge is 0.310 e. The molecular formula is C18H22ClN. The molecule has 0 aliphatic rings. The molecule has 0 fully saturated rings. The molecule has 2 rings (SSSR count). The molecule has 0 bridgehead atoms. The van der Waals surface area contributed by atoms with Crippen LogP contribution in [0.25, 0.3) is 0 Å². The third-order valence-electron chi connectivity index (χ3n) is 3.77. The van der Waals surface area contributed by atoms with E-state index in [-0.39, 0.29) is 0 Å². The first-order valence-electron chi connectivity index (χ1n) is 7.20. The van der Waals surface area contributed by atoms with E-state index in [1.54, 1.807) is 0 Å². The minimum Gasteiger partial charge on any atom is -0.310 e. The molecule has 0 aliphatic carbocycles. The summed E-state index contributed by atoms with van der Waals surface area (Å²) in [5.41, 5.74) is 2.69. The number of hydrogen-bond acceptors (Lipinski definition) is 1. The van der Waals surface area contributed by atoms with Gasteiger partial charge in [0.25, 0.3) is 0 Å². The summed E-state index contributed by atoms with van der Waals surface area (Å²) in [6.45, 7) is 5.49. The maximum absolute atomic E-state index is 5.91. The van der Waals surface area contributed by atoms with Crippen LogP contribution in [0.1, 0.15) is 43.4 Å². The highest BCUT2D eigenvalue weighted by Gasteiger charge is 2.07. The van der Waals surface area contributed by atoms with E-state index < -0.39 is 0 Å². The number of nitrogens with one attached hydrogen (secondary N) is 1. The summed E-state index contributed by atoms with van der Waals surface area (Å²) >= 11 is 5.91. The van der Waals surface area contributed by atoms with Gasteiger partial charge in [0.15, 0.2) is 0 Å². The second-order valence-electron chi connectivity index (χ2n) is 5.33. The van der Waals surface area contributed by atoms with Crippen molar-refractivity contribution in [2.75, 3.05) is 6.54 Å². The van der Waals surface area contributed by atoms with Gasteiger partial charge in [-0.25, -0.2) is 0 Å². The van der Waals surface area contributed by atoms with Crippen molar-refractivity contribution in [1.29, 1.82) is 0 Å². The van der Waals surface area contributed by atoms with Crippen molar-refractivity contribution < 1.29 is 0 Å². The van der Waals surface area contributed by atoms with Gasteiger partial charge < -0.3 is 5.32 Å². The van der Waals surface area contributed by atoms with E-state index in [9.17, 15) is 0 Å². The molecule has 0 saturated carbocycles. The van der Waals surface area contributed by atoms with E-state index >= 15 is 0 Å². The van der Waals surface area contributed by atoms with E-state index in [1.165, 1.54) is 11.1 Å². The Morgan fingerprint density at radius 2 is 1.55 bits per heavy atom. The Bertz CT molecular complexity index is 507. The third kappa shape index (κ3) is 4.36. The molecule has 1 N–H and O–H groups in total. The molecule has 1 unspecified atom stereocenters. The van der Waals surface area contributed by atoms with E-state index in [4.69, 9.17) is 11.6 Å². The monoisotopic (exact) mass is 287 g/mol. The van der Waals surface area contributed by atoms with Crippen LogP contribution in [0.5, 0.6) is 0 Å². The van der Waals surface area contributed by atoms with Crippen molar-refractivity contribution in [1.82, 2.24) is 5.32 Å². The average Bonchev–Trinajstić information content (AvgIpc) is 2.48. The van der Waals surface area contributed by atoms with E-state index in [0.29, 0.717) is 12.0 Å². The molecule has 20 heavy (non-hydrogen) atoms. The summed E-state index contributed by atoms with van der Waals surface area (Å²) in [6, 6.07) is 19.1. The molecule has 2 aromatic rings. The van der Waals surface area contributed by atoms with Crippen LogP contribution >= 0.6 is 11.6 Å². The Kier molecular flexibility index (Phi) is 5.63. The van der Waals surface area contributed by atoms with Gasteiger partial charge in [-0.3, -0.25) is 0 Å². The topological polar surface area (TPSA) is 12.0 Å². The van der Waals surface area contributed by atoms with Gasteiger partial charge in [0, 0.05) is 11.1 Å². The highest BCUT2D eigenvalue weighted by Crippen LogP contribution is 2.19. The van der Waals surface area contributed by atoms with Crippen LogP contribution in [-0.2, 0) is 0 Å². The van der Waals surface area contributed by atoms with Gasteiger partial charge in [-0.2, -0.15) is 0 Å². The highest BCUT2D eigenvalue weighted by atomic mass is 35.5. The molecule has 0 aromatic heterocycles. The van der Waals surface area contributed by atoms with Crippen molar-refractivity contribution in [3.05, 3.63) is 70.7 Å². The third-order valence-corrected chi connectivity index (χ3v) is 4.02. The first-order chi connectivity index (χ1) is 9.66. The lowest BCUT2D eigenvalue weighted by Gasteiger charge is -2.17. The van der Waals surface area contributed by atoms with Crippen LogP contribution in [0, 0.1) is 0 Å². The van der Waals surface area contributed by atoms with Gasteiger partial charge >= 0.3 is 0 Å². The standard InChI is InChI=1S/C18H22ClN/c1-14(16-6-4-3-5-7-16)12-13-20-15(2)17-8-10-18(19)11-9-17/h3-11,14-15,20H,12-13H2,1-2H3/t14?,15-/m0/s1. The molecule has 0 amide bonds. The van der Waals surface area contributed by atoms with Crippen LogP contribution in [0.2, 0.25) is 5.02 Å². The zero-order valence-electron chi connectivity index (χ0n) is 12.1. The lowest BCUT2D eigenvalue weighted by Crippen LogP contribution is -2.21. The molecule has 2 heteroatoms. The van der Waals surface area contributed by atoms with Crippen LogP contribution in [-0.4, -0.2) is 6.54 Å². The molecule has 2 atom stereocenters. The van der Waals surface area contributed by atoms with Gasteiger partial charge in [-0.05, 0) is 49.1 Å². The van der Waals surface area contributed by atoms with Crippen molar-refractivity contribution in [3.8, 4) is 0 Å². The summed E-state index contributed by atoms with van der Waals surface area (Å²) in [6.07, 6.45) is 1.14. The second-order valence-corrected chi connectivity index (χ2v) is 5.76. The van der Waals surface area contributed by atoms with Gasteiger partial charge in [0.2, 0.25) is 0 Å². The fraction of sp³-hybridized carbons (Fsp3) is 0.333. The quantitative estimate of drug-likeness (QED) is 0.771. The van der Waals surface area contributed by atoms with Crippen molar-refractivity contribution in [3.63, 3.8) is 0 Å². The first kappa shape index (κ1) is 15.1. The summed E-state index contributed by atoms with van der Waals surface area (Å²) in [5.74, 6) is 0.584. The van der Waals surface area contributed by atoms with E-state index in [0.717, 1.165) is 18.0 Å². The molecule has 0 radical (unpaired) electrons. The van der Waals surface area contributed by atoms with E-state index in [1.807, 2.05) is 12.1 Å². The van der Waals surface area contributed by atoms with Crippen LogP contribution in [0.3, 0.4) is 0 Å². The summed E-state index contributed by atoms with van der Waals surface area (Å²) in [7, 11) is 0. The smallest absolute Gasteiger partial charge is 0.0406 e. The summed E-state index contributed by atoms with van der Waals surface area (Å²) in [4.78, 5) is 0. The van der Waals surface area contributed by atoms with Crippen LogP contribution in [0.4, 0.5) is 0 Å².